The van der Waals surface area contributed by atoms with E-state index in [0.717, 1.165) is 12.1 Å². The molecule has 0 atom stereocenters. The highest BCUT2D eigenvalue weighted by Crippen LogP contribution is 2.07. The molecule has 0 unspecified atom stereocenters. The summed E-state index contributed by atoms with van der Waals surface area (Å²) in [5.41, 5.74) is 0.983. The molecule has 21 heavy (non-hydrogen) atoms. The number of pyridine rings is 1. The molecule has 112 valence electrons. The maximum Gasteiger partial charge on any atom is 0.293 e. The van der Waals surface area contributed by atoms with E-state index in [-0.39, 0.29) is 11.7 Å². The lowest BCUT2D eigenvalue weighted by molar-refractivity contribution is 0.0720. The molecule has 2 aromatic rings. The lowest BCUT2D eigenvalue weighted by Crippen LogP contribution is -2.36. The summed E-state index contributed by atoms with van der Waals surface area (Å²) in [4.78, 5) is 24.5. The Balaban J connectivity index is 2.13. The number of likely N-dealkylation sites (N-methyl/N-ethyl adjacent to an activating group) is 1. The summed E-state index contributed by atoms with van der Waals surface area (Å²) in [5, 5.41) is 6.65. The van der Waals surface area contributed by atoms with Crippen molar-refractivity contribution >= 4 is 5.91 Å². The second-order valence-corrected chi connectivity index (χ2v) is 5.14. The highest BCUT2D eigenvalue weighted by Gasteiger charge is 2.20. The van der Waals surface area contributed by atoms with E-state index in [1.165, 1.54) is 0 Å². The van der Waals surface area contributed by atoms with E-state index in [4.69, 9.17) is 0 Å². The Morgan fingerprint density at radius 3 is 2.71 bits per heavy atom. The molecule has 1 amide bonds. The Bertz CT molecular complexity index is 580. The topological polar surface area (TPSA) is 78.0 Å². The Morgan fingerprint density at radius 2 is 2.14 bits per heavy atom. The quantitative estimate of drug-likeness (QED) is 0.847. The van der Waals surface area contributed by atoms with Crippen LogP contribution >= 0.6 is 0 Å². The number of nitrogens with one attached hydrogen (secondary N) is 1. The molecule has 7 heteroatoms. The summed E-state index contributed by atoms with van der Waals surface area (Å²) < 4.78 is 0. The minimum Gasteiger partial charge on any atom is -0.330 e. The average molecular weight is 288 g/mol. The number of carbonyl (C=O) groups excluding carboxylic acids is 1. The van der Waals surface area contributed by atoms with Gasteiger partial charge in [0.1, 0.15) is 5.82 Å². The highest BCUT2D eigenvalue weighted by molar-refractivity contribution is 5.90. The number of rotatable bonds is 6. The van der Waals surface area contributed by atoms with Crippen LogP contribution in [0.5, 0.6) is 0 Å². The van der Waals surface area contributed by atoms with Gasteiger partial charge in [-0.3, -0.25) is 14.9 Å². The van der Waals surface area contributed by atoms with Gasteiger partial charge in [0, 0.05) is 32.0 Å². The van der Waals surface area contributed by atoms with Crippen molar-refractivity contribution < 1.29 is 4.79 Å². The zero-order valence-corrected chi connectivity index (χ0v) is 12.6. The Morgan fingerprint density at radius 1 is 1.33 bits per heavy atom. The standard InChI is InChI=1S/C14H20N6O/c1-11-16-13(18-17-11)14(21)20(8-7-19(2)3)10-12-5-4-6-15-9-12/h4-6,9H,7-8,10H2,1-3H3,(H,16,17,18). The zero-order valence-electron chi connectivity index (χ0n) is 12.6. The van der Waals surface area contributed by atoms with Gasteiger partial charge in [-0.25, -0.2) is 4.98 Å². The van der Waals surface area contributed by atoms with Gasteiger partial charge in [0.2, 0.25) is 5.82 Å². The zero-order chi connectivity index (χ0) is 15.2. The maximum atomic E-state index is 12.5. The number of aromatic nitrogens is 4. The summed E-state index contributed by atoms with van der Waals surface area (Å²) in [6.45, 7) is 3.65. The van der Waals surface area contributed by atoms with Gasteiger partial charge in [-0.15, -0.1) is 5.10 Å². The van der Waals surface area contributed by atoms with Crippen molar-refractivity contribution in [3.05, 3.63) is 41.7 Å². The van der Waals surface area contributed by atoms with Crippen molar-refractivity contribution in [3.8, 4) is 0 Å². The van der Waals surface area contributed by atoms with Gasteiger partial charge in [0.05, 0.1) is 0 Å². The van der Waals surface area contributed by atoms with Crippen LogP contribution in [0.3, 0.4) is 0 Å². The van der Waals surface area contributed by atoms with Gasteiger partial charge in [0.15, 0.2) is 0 Å². The Labute approximate surface area is 124 Å². The van der Waals surface area contributed by atoms with Gasteiger partial charge in [0.25, 0.3) is 5.91 Å². The van der Waals surface area contributed by atoms with Crippen LogP contribution in [0.4, 0.5) is 0 Å². The second kappa shape index (κ2) is 6.94. The van der Waals surface area contributed by atoms with Crippen molar-refractivity contribution in [3.63, 3.8) is 0 Å². The van der Waals surface area contributed by atoms with Crippen LogP contribution in [-0.2, 0) is 6.54 Å². The monoisotopic (exact) mass is 288 g/mol. The summed E-state index contributed by atoms with van der Waals surface area (Å²) in [6, 6.07) is 3.81. The van der Waals surface area contributed by atoms with Gasteiger partial charge >= 0.3 is 0 Å². The molecule has 0 bridgehead atoms. The number of hydrogen-bond donors (Lipinski definition) is 1. The molecule has 0 radical (unpaired) electrons. The van der Waals surface area contributed by atoms with E-state index >= 15 is 0 Å². The van der Waals surface area contributed by atoms with Crippen molar-refractivity contribution in [2.75, 3.05) is 27.2 Å². The fraction of sp³-hybridized carbons (Fsp3) is 0.429. The molecule has 7 nitrogen and oxygen atoms in total. The molecular formula is C14H20N6O. The number of amides is 1. The molecule has 0 fully saturated rings. The summed E-state index contributed by atoms with van der Waals surface area (Å²) in [5.74, 6) is 0.660. The van der Waals surface area contributed by atoms with E-state index in [2.05, 4.69) is 20.2 Å². The van der Waals surface area contributed by atoms with Gasteiger partial charge in [-0.2, -0.15) is 0 Å². The molecule has 0 aliphatic rings. The summed E-state index contributed by atoms with van der Waals surface area (Å²) in [6.07, 6.45) is 3.48. The van der Waals surface area contributed by atoms with Crippen LogP contribution in [0.15, 0.2) is 24.5 Å². The molecule has 2 rings (SSSR count). The smallest absolute Gasteiger partial charge is 0.293 e. The van der Waals surface area contributed by atoms with Crippen LogP contribution in [0.1, 0.15) is 22.0 Å². The van der Waals surface area contributed by atoms with Crippen LogP contribution in [0.25, 0.3) is 0 Å². The number of aryl methyl sites for hydroxylation is 1. The number of H-pyrrole nitrogens is 1. The summed E-state index contributed by atoms with van der Waals surface area (Å²) >= 11 is 0. The van der Waals surface area contributed by atoms with Crippen LogP contribution in [-0.4, -0.2) is 63.1 Å². The third-order valence-corrected chi connectivity index (χ3v) is 2.99. The fourth-order valence-electron chi connectivity index (χ4n) is 1.86. The number of carbonyl (C=O) groups is 1. The van der Waals surface area contributed by atoms with E-state index < -0.39 is 0 Å². The lowest BCUT2D eigenvalue weighted by Gasteiger charge is -2.23. The Hall–Kier alpha value is -2.28. The molecule has 2 aromatic heterocycles. The first-order chi connectivity index (χ1) is 10.1. The van der Waals surface area contributed by atoms with E-state index in [9.17, 15) is 4.79 Å². The largest absolute Gasteiger partial charge is 0.330 e. The first kappa shape index (κ1) is 15.1. The predicted molar refractivity (Wildman–Crippen MR) is 78.7 cm³/mol. The van der Waals surface area contributed by atoms with Crippen molar-refractivity contribution in [2.45, 2.75) is 13.5 Å². The van der Waals surface area contributed by atoms with Crippen LogP contribution in [0.2, 0.25) is 0 Å². The fourth-order valence-corrected chi connectivity index (χ4v) is 1.86. The van der Waals surface area contributed by atoms with E-state index in [0.29, 0.717) is 18.9 Å². The third kappa shape index (κ3) is 4.35. The van der Waals surface area contributed by atoms with Crippen LogP contribution in [0, 0.1) is 6.92 Å². The Kier molecular flexibility index (Phi) is 4.99. The van der Waals surface area contributed by atoms with Gasteiger partial charge in [-0.05, 0) is 32.6 Å². The van der Waals surface area contributed by atoms with Gasteiger partial charge in [-0.1, -0.05) is 6.07 Å². The molecular weight excluding hydrogens is 268 g/mol. The van der Waals surface area contributed by atoms with E-state index in [1.807, 2.05) is 31.1 Å². The average Bonchev–Trinajstić information content (AvgIpc) is 2.90. The number of aromatic amines is 1. The molecule has 0 aliphatic heterocycles. The van der Waals surface area contributed by atoms with E-state index in [1.54, 1.807) is 24.2 Å². The molecule has 0 saturated carbocycles. The van der Waals surface area contributed by atoms with Crippen molar-refractivity contribution in [1.82, 2.24) is 30.0 Å². The SMILES string of the molecule is Cc1nc(C(=O)N(CCN(C)C)Cc2cccnc2)n[nH]1. The second-order valence-electron chi connectivity index (χ2n) is 5.14. The molecule has 0 aromatic carbocycles. The molecule has 0 spiro atoms. The third-order valence-electron chi connectivity index (χ3n) is 2.99. The molecule has 0 aliphatic carbocycles. The maximum absolute atomic E-state index is 12.5. The minimum atomic E-state index is -0.176. The van der Waals surface area contributed by atoms with Crippen LogP contribution < -0.4 is 0 Å². The minimum absolute atomic E-state index is 0.176. The predicted octanol–water partition coefficient (Wildman–Crippen LogP) is 0.712. The number of nitrogens with zero attached hydrogens (tertiary/aromatic N) is 5. The molecule has 1 N–H and O–H groups in total. The van der Waals surface area contributed by atoms with Crippen molar-refractivity contribution in [2.24, 2.45) is 0 Å². The summed E-state index contributed by atoms with van der Waals surface area (Å²) in [7, 11) is 3.95. The molecule has 2 heterocycles. The highest BCUT2D eigenvalue weighted by atomic mass is 16.2. The van der Waals surface area contributed by atoms with Gasteiger partial charge < -0.3 is 9.80 Å². The first-order valence-electron chi connectivity index (χ1n) is 6.78. The normalized spacial score (nSPS) is 10.9. The van der Waals surface area contributed by atoms with Crippen molar-refractivity contribution in [1.29, 1.82) is 0 Å². The number of hydrogen-bond acceptors (Lipinski definition) is 5. The molecule has 0 saturated heterocycles. The lowest BCUT2D eigenvalue weighted by atomic mass is 10.2. The first-order valence-corrected chi connectivity index (χ1v) is 6.78.